The second kappa shape index (κ2) is 13.3. The zero-order chi connectivity index (χ0) is 27.0. The predicted molar refractivity (Wildman–Crippen MR) is 154 cm³/mol. The van der Waals surface area contributed by atoms with E-state index in [1.807, 2.05) is 29.8 Å². The van der Waals surface area contributed by atoms with Gasteiger partial charge in [-0.05, 0) is 24.3 Å². The van der Waals surface area contributed by atoms with E-state index in [1.165, 1.54) is 0 Å². The smallest absolute Gasteiger partial charge is 0.225 e. The summed E-state index contributed by atoms with van der Waals surface area (Å²) in [5.74, 6) is 2.93. The molecule has 0 atom stereocenters. The molecule has 0 fully saturated rings. The van der Waals surface area contributed by atoms with Crippen LogP contribution in [0.3, 0.4) is 0 Å². The Morgan fingerprint density at radius 2 is 1.92 bits per heavy atom. The van der Waals surface area contributed by atoms with E-state index in [0.29, 0.717) is 36.7 Å². The summed E-state index contributed by atoms with van der Waals surface area (Å²) in [4.78, 5) is 34.4. The maximum atomic E-state index is 12.4. The van der Waals surface area contributed by atoms with E-state index in [2.05, 4.69) is 46.3 Å². The van der Waals surface area contributed by atoms with Crippen molar-refractivity contribution in [2.45, 2.75) is 81.1 Å². The molecule has 4 rings (SSSR count). The molecule has 0 radical (unpaired) electrons. The van der Waals surface area contributed by atoms with Gasteiger partial charge in [0.1, 0.15) is 16.6 Å². The van der Waals surface area contributed by atoms with E-state index < -0.39 is 0 Å². The number of nitrogens with one attached hydrogen (secondary N) is 2. The van der Waals surface area contributed by atoms with E-state index in [0.717, 1.165) is 51.2 Å². The number of aromatic amines is 1. The Morgan fingerprint density at radius 3 is 2.66 bits per heavy atom. The Balaban J connectivity index is 1.06. The van der Waals surface area contributed by atoms with Gasteiger partial charge >= 0.3 is 0 Å². The summed E-state index contributed by atoms with van der Waals surface area (Å²) in [7, 11) is 0. The summed E-state index contributed by atoms with van der Waals surface area (Å²) >= 11 is 4.80. The van der Waals surface area contributed by atoms with Crippen molar-refractivity contribution in [3.63, 3.8) is 0 Å². The zero-order valence-electron chi connectivity index (χ0n) is 21.9. The number of hydrogen-bond donors (Lipinski definition) is 2. The number of anilines is 1. The molecule has 1 amide bonds. The third-order valence-corrected chi connectivity index (χ3v) is 8.83. The summed E-state index contributed by atoms with van der Waals surface area (Å²) in [6.45, 7) is 6.29. The SMILES string of the molecule is CC(C)(C)c1cnc(CSc2cnc(CC(=O)CCCCCCC(=O)Nc3cc(-c4cccs4)[nH]n3)s2)o1. The zero-order valence-corrected chi connectivity index (χ0v) is 24.4. The molecule has 202 valence electrons. The maximum absolute atomic E-state index is 12.4. The van der Waals surface area contributed by atoms with Crippen LogP contribution in [0.2, 0.25) is 0 Å². The van der Waals surface area contributed by atoms with Gasteiger partial charge in [-0.1, -0.05) is 39.7 Å². The number of H-pyrrole nitrogens is 1. The van der Waals surface area contributed by atoms with Gasteiger partial charge in [-0.2, -0.15) is 5.10 Å². The second-order valence-corrected chi connectivity index (χ2v) is 13.4. The average molecular weight is 572 g/mol. The Bertz CT molecular complexity index is 1320. The number of hydrogen-bond acceptors (Lipinski definition) is 9. The van der Waals surface area contributed by atoms with Gasteiger partial charge in [-0.15, -0.1) is 34.4 Å². The summed E-state index contributed by atoms with van der Waals surface area (Å²) in [6, 6.07) is 5.83. The molecule has 0 aliphatic rings. The van der Waals surface area contributed by atoms with E-state index >= 15 is 0 Å². The summed E-state index contributed by atoms with van der Waals surface area (Å²) in [5.41, 5.74) is 0.839. The summed E-state index contributed by atoms with van der Waals surface area (Å²) in [6.07, 6.45) is 8.44. The van der Waals surface area contributed by atoms with Crippen molar-refractivity contribution in [2.24, 2.45) is 0 Å². The number of carbonyl (C=O) groups excluding carboxylic acids is 2. The van der Waals surface area contributed by atoms with Crippen molar-refractivity contribution in [1.82, 2.24) is 20.2 Å². The van der Waals surface area contributed by atoms with Crippen LogP contribution in [-0.4, -0.2) is 31.9 Å². The van der Waals surface area contributed by atoms with Crippen molar-refractivity contribution in [2.75, 3.05) is 5.32 Å². The molecule has 0 unspecified atom stereocenters. The Hall–Kier alpha value is -2.76. The Labute approximate surface area is 235 Å². The first-order chi connectivity index (χ1) is 18.3. The molecule has 0 saturated carbocycles. The first-order valence-corrected chi connectivity index (χ1v) is 15.4. The molecule has 0 saturated heterocycles. The quantitative estimate of drug-likeness (QED) is 0.121. The number of aromatic nitrogens is 4. The summed E-state index contributed by atoms with van der Waals surface area (Å²) < 4.78 is 6.89. The number of amides is 1. The first kappa shape index (κ1) is 28.3. The van der Waals surface area contributed by atoms with Crippen LogP contribution >= 0.6 is 34.4 Å². The van der Waals surface area contributed by atoms with Gasteiger partial charge in [0.25, 0.3) is 0 Å². The lowest BCUT2D eigenvalue weighted by Crippen LogP contribution is -2.11. The molecule has 4 aromatic rings. The van der Waals surface area contributed by atoms with Gasteiger partial charge < -0.3 is 9.73 Å². The number of thiophene rings is 1. The lowest BCUT2D eigenvalue weighted by atomic mass is 9.94. The van der Waals surface area contributed by atoms with Crippen molar-refractivity contribution in [1.29, 1.82) is 0 Å². The van der Waals surface area contributed by atoms with Crippen LogP contribution in [0.5, 0.6) is 0 Å². The summed E-state index contributed by atoms with van der Waals surface area (Å²) in [5, 5.41) is 12.8. The van der Waals surface area contributed by atoms with E-state index in [1.54, 1.807) is 40.6 Å². The van der Waals surface area contributed by atoms with E-state index in [-0.39, 0.29) is 17.1 Å². The highest BCUT2D eigenvalue weighted by Gasteiger charge is 2.19. The number of thioether (sulfide) groups is 1. The van der Waals surface area contributed by atoms with E-state index in [9.17, 15) is 9.59 Å². The standard InChI is InChI=1S/C27H33N5O3S3/c1-27(2,3)21-15-28-24(35-21)17-37-26-16-29-25(38-26)13-18(33)9-6-4-5-7-11-23(34)30-22-14-19(31-32-22)20-10-8-12-36-20/h8,10,12,14-16H,4-7,9,11,13,17H2,1-3H3,(H2,30,31,32,34). The molecule has 0 aliphatic carbocycles. The number of rotatable bonds is 14. The van der Waals surface area contributed by atoms with Crippen LogP contribution < -0.4 is 5.32 Å². The highest BCUT2D eigenvalue weighted by atomic mass is 32.2. The largest absolute Gasteiger partial charge is 0.444 e. The highest BCUT2D eigenvalue weighted by molar-refractivity contribution is 8.00. The van der Waals surface area contributed by atoms with Crippen molar-refractivity contribution in [3.8, 4) is 10.6 Å². The van der Waals surface area contributed by atoms with Crippen molar-refractivity contribution < 1.29 is 14.0 Å². The molecule has 0 spiro atoms. The van der Waals surface area contributed by atoms with Gasteiger partial charge in [0.15, 0.2) is 5.82 Å². The average Bonchev–Trinajstić information content (AvgIpc) is 3.66. The van der Waals surface area contributed by atoms with Crippen LogP contribution in [0.4, 0.5) is 5.82 Å². The fraction of sp³-hybridized carbons (Fsp3) is 0.444. The third kappa shape index (κ3) is 8.64. The number of carbonyl (C=O) groups is 2. The molecule has 2 N–H and O–H groups in total. The molecule has 0 bridgehead atoms. The molecule has 11 heteroatoms. The third-order valence-electron chi connectivity index (χ3n) is 5.75. The monoisotopic (exact) mass is 571 g/mol. The van der Waals surface area contributed by atoms with Crippen molar-refractivity contribution in [3.05, 3.63) is 52.6 Å². The minimum atomic E-state index is -0.0574. The molecule has 0 aliphatic heterocycles. The Morgan fingerprint density at radius 1 is 1.11 bits per heavy atom. The number of nitrogens with zero attached hydrogens (tertiary/aromatic N) is 3. The molecule has 4 heterocycles. The first-order valence-electron chi connectivity index (χ1n) is 12.7. The number of thiazole rings is 1. The van der Waals surface area contributed by atoms with Crippen LogP contribution in [0.15, 0.2) is 44.6 Å². The molecule has 38 heavy (non-hydrogen) atoms. The Kier molecular flexibility index (Phi) is 9.92. The van der Waals surface area contributed by atoms with Gasteiger partial charge in [-0.25, -0.2) is 9.97 Å². The van der Waals surface area contributed by atoms with Crippen LogP contribution in [0.25, 0.3) is 10.6 Å². The van der Waals surface area contributed by atoms with Crippen LogP contribution in [-0.2, 0) is 27.2 Å². The molecular formula is C27H33N5O3S3. The normalized spacial score (nSPS) is 11.7. The topological polar surface area (TPSA) is 114 Å². The predicted octanol–water partition coefficient (Wildman–Crippen LogP) is 7.26. The number of ketones is 1. The number of unbranched alkanes of at least 4 members (excludes halogenated alkanes) is 3. The minimum Gasteiger partial charge on any atom is -0.444 e. The van der Waals surface area contributed by atoms with Gasteiger partial charge in [0.2, 0.25) is 11.8 Å². The van der Waals surface area contributed by atoms with Crippen molar-refractivity contribution >= 4 is 51.9 Å². The lowest BCUT2D eigenvalue weighted by Gasteiger charge is -2.12. The van der Waals surface area contributed by atoms with Crippen LogP contribution in [0, 0.1) is 0 Å². The van der Waals surface area contributed by atoms with E-state index in [4.69, 9.17) is 4.42 Å². The van der Waals surface area contributed by atoms with Crippen LogP contribution in [0.1, 0.15) is 76.0 Å². The van der Waals surface area contributed by atoms with Gasteiger partial charge in [0.05, 0.1) is 39.3 Å². The van der Waals surface area contributed by atoms with Gasteiger partial charge in [0, 0.05) is 24.3 Å². The molecule has 4 aromatic heterocycles. The fourth-order valence-corrected chi connectivity index (χ4v) is 6.26. The minimum absolute atomic E-state index is 0.0415. The lowest BCUT2D eigenvalue weighted by molar-refractivity contribution is -0.118. The number of Topliss-reactive ketones (excluding diaryl/α,β-unsaturated/α-hetero) is 1. The molecule has 0 aromatic carbocycles. The molecular weight excluding hydrogens is 539 g/mol. The highest BCUT2D eigenvalue weighted by Crippen LogP contribution is 2.30. The maximum Gasteiger partial charge on any atom is 0.225 e. The number of oxazole rings is 1. The molecule has 8 nitrogen and oxygen atoms in total. The van der Waals surface area contributed by atoms with Gasteiger partial charge in [-0.3, -0.25) is 14.7 Å². The fourth-order valence-electron chi connectivity index (χ4n) is 3.67. The second-order valence-electron chi connectivity index (χ2n) is 10.1.